The van der Waals surface area contributed by atoms with Crippen molar-refractivity contribution in [3.05, 3.63) is 34.9 Å². The second-order valence-corrected chi connectivity index (χ2v) is 8.21. The molecule has 1 saturated carbocycles. The van der Waals surface area contributed by atoms with Crippen LogP contribution in [0.5, 0.6) is 0 Å². The molecule has 0 aromatic heterocycles. The lowest BCUT2D eigenvalue weighted by Crippen LogP contribution is -2.30. The van der Waals surface area contributed by atoms with E-state index < -0.39 is 9.84 Å². The number of benzene rings is 1. The van der Waals surface area contributed by atoms with Crippen LogP contribution in [0.1, 0.15) is 31.2 Å². The minimum absolute atomic E-state index is 0.112. The van der Waals surface area contributed by atoms with Crippen molar-refractivity contribution >= 4 is 21.4 Å². The highest BCUT2D eigenvalue weighted by molar-refractivity contribution is 7.90. The molecule has 112 valence electrons. The van der Waals surface area contributed by atoms with E-state index in [1.165, 1.54) is 12.8 Å². The van der Waals surface area contributed by atoms with Crippen molar-refractivity contribution in [2.24, 2.45) is 5.92 Å². The van der Waals surface area contributed by atoms with Gasteiger partial charge in [-0.2, -0.15) is 0 Å². The van der Waals surface area contributed by atoms with E-state index in [0.717, 1.165) is 18.4 Å². The SMILES string of the molecule is CNC1CCCC1CCS(=O)(=O)Cc1ccc(Cl)cc1. The van der Waals surface area contributed by atoms with Gasteiger partial charge in [-0.05, 0) is 49.9 Å². The van der Waals surface area contributed by atoms with Gasteiger partial charge < -0.3 is 5.32 Å². The molecule has 5 heteroatoms. The summed E-state index contributed by atoms with van der Waals surface area (Å²) in [5, 5.41) is 3.93. The lowest BCUT2D eigenvalue weighted by atomic mass is 10.0. The predicted octanol–water partition coefficient (Wildman–Crippen LogP) is 3.03. The van der Waals surface area contributed by atoms with Crippen molar-refractivity contribution in [3.63, 3.8) is 0 Å². The van der Waals surface area contributed by atoms with Gasteiger partial charge in [0.25, 0.3) is 0 Å². The van der Waals surface area contributed by atoms with Gasteiger partial charge in [-0.1, -0.05) is 30.2 Å². The van der Waals surface area contributed by atoms with Crippen LogP contribution in [-0.2, 0) is 15.6 Å². The molecule has 3 nitrogen and oxygen atoms in total. The van der Waals surface area contributed by atoms with Crippen molar-refractivity contribution in [1.29, 1.82) is 0 Å². The van der Waals surface area contributed by atoms with Crippen LogP contribution in [0.2, 0.25) is 5.02 Å². The predicted molar refractivity (Wildman–Crippen MR) is 83.7 cm³/mol. The molecule has 1 fully saturated rings. The van der Waals surface area contributed by atoms with Gasteiger partial charge in [-0.15, -0.1) is 0 Å². The molecule has 0 radical (unpaired) electrons. The maximum atomic E-state index is 12.2. The molecule has 1 N–H and O–H groups in total. The Morgan fingerprint density at radius 3 is 2.60 bits per heavy atom. The summed E-state index contributed by atoms with van der Waals surface area (Å²) in [4.78, 5) is 0. The lowest BCUT2D eigenvalue weighted by Gasteiger charge is -2.18. The number of nitrogens with one attached hydrogen (secondary N) is 1. The molecule has 0 spiro atoms. The molecule has 0 bridgehead atoms. The van der Waals surface area contributed by atoms with E-state index in [0.29, 0.717) is 17.0 Å². The third-order valence-electron chi connectivity index (χ3n) is 4.13. The second-order valence-electron chi connectivity index (χ2n) is 5.59. The molecule has 1 aromatic rings. The number of halogens is 1. The summed E-state index contributed by atoms with van der Waals surface area (Å²) in [6.45, 7) is 0. The zero-order valence-corrected chi connectivity index (χ0v) is 13.4. The Morgan fingerprint density at radius 2 is 1.95 bits per heavy atom. The van der Waals surface area contributed by atoms with Gasteiger partial charge in [0.15, 0.2) is 9.84 Å². The van der Waals surface area contributed by atoms with Crippen molar-refractivity contribution in [3.8, 4) is 0 Å². The maximum Gasteiger partial charge on any atom is 0.154 e. The Kier molecular flexibility index (Phi) is 5.47. The number of rotatable bonds is 6. The molecule has 20 heavy (non-hydrogen) atoms. The van der Waals surface area contributed by atoms with Crippen LogP contribution in [0, 0.1) is 5.92 Å². The van der Waals surface area contributed by atoms with Crippen LogP contribution < -0.4 is 5.32 Å². The molecule has 2 atom stereocenters. The van der Waals surface area contributed by atoms with Crippen LogP contribution in [0.15, 0.2) is 24.3 Å². The monoisotopic (exact) mass is 315 g/mol. The van der Waals surface area contributed by atoms with Gasteiger partial charge >= 0.3 is 0 Å². The van der Waals surface area contributed by atoms with E-state index in [1.807, 2.05) is 7.05 Å². The molecular formula is C15H22ClNO2S. The first-order valence-corrected chi connectivity index (χ1v) is 9.32. The Labute approximate surface area is 126 Å². The Balaban J connectivity index is 1.89. The zero-order valence-electron chi connectivity index (χ0n) is 11.8. The van der Waals surface area contributed by atoms with Gasteiger partial charge in [-0.25, -0.2) is 8.42 Å². The van der Waals surface area contributed by atoms with Crippen LogP contribution in [0.3, 0.4) is 0 Å². The zero-order chi connectivity index (χ0) is 14.6. The first kappa shape index (κ1) is 15.8. The highest BCUT2D eigenvalue weighted by Gasteiger charge is 2.27. The quantitative estimate of drug-likeness (QED) is 0.877. The summed E-state index contributed by atoms with van der Waals surface area (Å²) in [5.74, 6) is 0.888. The summed E-state index contributed by atoms with van der Waals surface area (Å²) < 4.78 is 24.4. The fourth-order valence-corrected chi connectivity index (χ4v) is 4.63. The smallest absolute Gasteiger partial charge is 0.154 e. The molecule has 0 aliphatic heterocycles. The molecule has 0 amide bonds. The Bertz CT molecular complexity index is 527. The first-order chi connectivity index (χ1) is 9.50. The average molecular weight is 316 g/mol. The average Bonchev–Trinajstić information content (AvgIpc) is 2.86. The number of hydrogen-bond acceptors (Lipinski definition) is 3. The Morgan fingerprint density at radius 1 is 1.25 bits per heavy atom. The molecule has 1 aromatic carbocycles. The van der Waals surface area contributed by atoms with Crippen molar-refractivity contribution < 1.29 is 8.42 Å². The minimum atomic E-state index is -3.04. The third kappa shape index (κ3) is 4.47. The van der Waals surface area contributed by atoms with E-state index in [4.69, 9.17) is 11.6 Å². The molecule has 0 saturated heterocycles. The Hall–Kier alpha value is -0.580. The van der Waals surface area contributed by atoms with E-state index in [2.05, 4.69) is 5.32 Å². The molecule has 1 aliphatic carbocycles. The van der Waals surface area contributed by atoms with Gasteiger partial charge in [0.2, 0.25) is 0 Å². The highest BCUT2D eigenvalue weighted by Crippen LogP contribution is 2.28. The fraction of sp³-hybridized carbons (Fsp3) is 0.600. The van der Waals surface area contributed by atoms with Crippen molar-refractivity contribution in [2.45, 2.75) is 37.5 Å². The second kappa shape index (κ2) is 6.92. The van der Waals surface area contributed by atoms with Crippen molar-refractivity contribution in [1.82, 2.24) is 5.32 Å². The molecule has 2 unspecified atom stereocenters. The topological polar surface area (TPSA) is 46.2 Å². The van der Waals surface area contributed by atoms with Crippen LogP contribution in [-0.4, -0.2) is 27.3 Å². The van der Waals surface area contributed by atoms with Gasteiger partial charge in [0, 0.05) is 11.1 Å². The third-order valence-corrected chi connectivity index (χ3v) is 6.01. The summed E-state index contributed by atoms with van der Waals surface area (Å²) in [6, 6.07) is 7.53. The molecule has 0 heterocycles. The maximum absolute atomic E-state index is 12.2. The largest absolute Gasteiger partial charge is 0.317 e. The van der Waals surface area contributed by atoms with Gasteiger partial charge in [-0.3, -0.25) is 0 Å². The molecule has 1 aliphatic rings. The van der Waals surface area contributed by atoms with Gasteiger partial charge in [0.05, 0.1) is 11.5 Å². The van der Waals surface area contributed by atoms with E-state index >= 15 is 0 Å². The van der Waals surface area contributed by atoms with E-state index in [1.54, 1.807) is 24.3 Å². The first-order valence-electron chi connectivity index (χ1n) is 7.12. The normalized spacial score (nSPS) is 23.1. The van der Waals surface area contributed by atoms with E-state index in [9.17, 15) is 8.42 Å². The number of sulfone groups is 1. The lowest BCUT2D eigenvalue weighted by molar-refractivity contribution is 0.414. The fourth-order valence-electron chi connectivity index (χ4n) is 3.00. The summed E-state index contributed by atoms with van der Waals surface area (Å²) in [7, 11) is -1.07. The standard InChI is InChI=1S/C15H22ClNO2S/c1-17-15-4-2-3-13(15)9-10-20(18,19)11-12-5-7-14(16)8-6-12/h5-8,13,15,17H,2-4,9-11H2,1H3. The highest BCUT2D eigenvalue weighted by atomic mass is 35.5. The summed E-state index contributed by atoms with van der Waals surface area (Å²) in [5.41, 5.74) is 0.811. The van der Waals surface area contributed by atoms with Crippen LogP contribution in [0.25, 0.3) is 0 Å². The van der Waals surface area contributed by atoms with Crippen LogP contribution in [0.4, 0.5) is 0 Å². The summed E-state index contributed by atoms with van der Waals surface area (Å²) >= 11 is 5.81. The van der Waals surface area contributed by atoms with Crippen molar-refractivity contribution in [2.75, 3.05) is 12.8 Å². The summed E-state index contributed by atoms with van der Waals surface area (Å²) in [6.07, 6.45) is 4.27. The minimum Gasteiger partial charge on any atom is -0.317 e. The molecule has 2 rings (SSSR count). The van der Waals surface area contributed by atoms with E-state index in [-0.39, 0.29) is 11.5 Å². The van der Waals surface area contributed by atoms with Gasteiger partial charge in [0.1, 0.15) is 0 Å². The number of hydrogen-bond donors (Lipinski definition) is 1. The molecular weight excluding hydrogens is 294 g/mol. The van der Waals surface area contributed by atoms with Crippen LogP contribution >= 0.6 is 11.6 Å².